The Morgan fingerprint density at radius 2 is 2.17 bits per heavy atom. The Bertz CT molecular complexity index is 612. The van der Waals surface area contributed by atoms with E-state index in [1.165, 1.54) is 12.1 Å². The van der Waals surface area contributed by atoms with Crippen LogP contribution in [0.2, 0.25) is 0 Å². The summed E-state index contributed by atoms with van der Waals surface area (Å²) in [6.45, 7) is 0. The average molecular weight is 423 g/mol. The summed E-state index contributed by atoms with van der Waals surface area (Å²) in [6.07, 6.45) is 1.80. The Hall–Kier alpha value is -0.890. The van der Waals surface area contributed by atoms with Crippen molar-refractivity contribution in [3.63, 3.8) is 0 Å². The first kappa shape index (κ1) is 13.5. The molecule has 2 aromatic rings. The summed E-state index contributed by atoms with van der Waals surface area (Å²) >= 11 is 5.29. The minimum atomic E-state index is -0.320. The van der Waals surface area contributed by atoms with E-state index in [1.54, 1.807) is 29.9 Å². The maximum atomic E-state index is 12.9. The molecular formula is C12H9BrFIN2O. The summed E-state index contributed by atoms with van der Waals surface area (Å²) < 4.78 is 16.2. The van der Waals surface area contributed by atoms with Crippen molar-refractivity contribution in [2.45, 2.75) is 0 Å². The van der Waals surface area contributed by atoms with E-state index in [1.807, 2.05) is 22.6 Å². The predicted octanol–water partition coefficient (Wildman–Crippen LogP) is 3.78. The highest BCUT2D eigenvalue weighted by Crippen LogP contribution is 2.21. The van der Waals surface area contributed by atoms with Crippen LogP contribution in [0.5, 0.6) is 0 Å². The van der Waals surface area contributed by atoms with Crippen molar-refractivity contribution in [3.05, 3.63) is 50.0 Å². The molecule has 6 heteroatoms. The van der Waals surface area contributed by atoms with Gasteiger partial charge in [-0.05, 0) is 62.8 Å². The van der Waals surface area contributed by atoms with E-state index >= 15 is 0 Å². The molecule has 0 atom stereocenters. The number of rotatable bonds is 2. The van der Waals surface area contributed by atoms with Gasteiger partial charge in [0.25, 0.3) is 5.91 Å². The van der Waals surface area contributed by atoms with Crippen molar-refractivity contribution in [1.29, 1.82) is 0 Å². The molecule has 0 aliphatic heterocycles. The van der Waals surface area contributed by atoms with Crippen LogP contribution < -0.4 is 5.32 Å². The van der Waals surface area contributed by atoms with Crippen molar-refractivity contribution in [2.24, 2.45) is 7.05 Å². The van der Waals surface area contributed by atoms with Crippen molar-refractivity contribution in [2.75, 3.05) is 5.32 Å². The normalized spacial score (nSPS) is 10.4. The lowest BCUT2D eigenvalue weighted by molar-refractivity contribution is 0.101. The molecule has 0 saturated carbocycles. The first-order chi connectivity index (χ1) is 8.47. The SMILES string of the molecule is Cn1cc(Br)cc1C(=O)Nc1ccc(F)cc1I. The quantitative estimate of drug-likeness (QED) is 0.734. The number of carbonyl (C=O) groups excluding carboxylic acids is 1. The van der Waals surface area contributed by atoms with E-state index in [9.17, 15) is 9.18 Å². The van der Waals surface area contributed by atoms with Gasteiger partial charge in [-0.25, -0.2) is 4.39 Å². The first-order valence-corrected chi connectivity index (χ1v) is 6.93. The maximum absolute atomic E-state index is 12.9. The van der Waals surface area contributed by atoms with Crippen LogP contribution in [0, 0.1) is 9.39 Å². The molecule has 18 heavy (non-hydrogen) atoms. The molecule has 1 amide bonds. The molecular weight excluding hydrogens is 414 g/mol. The summed E-state index contributed by atoms with van der Waals surface area (Å²) in [5.41, 5.74) is 1.13. The number of nitrogens with zero attached hydrogens (tertiary/aromatic N) is 1. The third kappa shape index (κ3) is 2.92. The van der Waals surface area contributed by atoms with E-state index in [0.29, 0.717) is 15.0 Å². The van der Waals surface area contributed by atoms with Gasteiger partial charge in [0.2, 0.25) is 0 Å². The molecule has 0 saturated heterocycles. The highest BCUT2D eigenvalue weighted by Gasteiger charge is 2.12. The number of carbonyl (C=O) groups is 1. The molecule has 1 N–H and O–H groups in total. The zero-order chi connectivity index (χ0) is 13.3. The molecule has 1 aromatic carbocycles. The van der Waals surface area contributed by atoms with Crippen LogP contribution in [-0.4, -0.2) is 10.5 Å². The van der Waals surface area contributed by atoms with Gasteiger partial charge < -0.3 is 9.88 Å². The summed E-state index contributed by atoms with van der Waals surface area (Å²) in [6, 6.07) is 5.97. The lowest BCUT2D eigenvalue weighted by Gasteiger charge is -2.08. The van der Waals surface area contributed by atoms with Crippen LogP contribution in [-0.2, 0) is 7.05 Å². The van der Waals surface area contributed by atoms with Crippen LogP contribution in [0.1, 0.15) is 10.5 Å². The molecule has 0 fully saturated rings. The molecule has 2 rings (SSSR count). The van der Waals surface area contributed by atoms with Crippen LogP contribution in [0.3, 0.4) is 0 Å². The lowest BCUT2D eigenvalue weighted by atomic mass is 10.3. The zero-order valence-corrected chi connectivity index (χ0v) is 13.1. The van der Waals surface area contributed by atoms with Crippen LogP contribution >= 0.6 is 38.5 Å². The van der Waals surface area contributed by atoms with Gasteiger partial charge in [-0.3, -0.25) is 4.79 Å². The van der Waals surface area contributed by atoms with Crippen LogP contribution in [0.4, 0.5) is 10.1 Å². The Morgan fingerprint density at radius 3 is 2.72 bits per heavy atom. The zero-order valence-electron chi connectivity index (χ0n) is 9.38. The first-order valence-electron chi connectivity index (χ1n) is 5.05. The highest BCUT2D eigenvalue weighted by molar-refractivity contribution is 14.1. The number of aromatic nitrogens is 1. The van der Waals surface area contributed by atoms with Gasteiger partial charge >= 0.3 is 0 Å². The maximum Gasteiger partial charge on any atom is 0.272 e. The second-order valence-electron chi connectivity index (χ2n) is 3.73. The number of benzene rings is 1. The van der Waals surface area contributed by atoms with Crippen molar-refractivity contribution >= 4 is 50.1 Å². The van der Waals surface area contributed by atoms with Crippen LogP contribution in [0.25, 0.3) is 0 Å². The minimum Gasteiger partial charge on any atom is -0.345 e. The molecule has 0 aliphatic carbocycles. The molecule has 3 nitrogen and oxygen atoms in total. The van der Waals surface area contributed by atoms with Crippen molar-refractivity contribution in [3.8, 4) is 0 Å². The third-order valence-corrected chi connectivity index (χ3v) is 3.71. The number of anilines is 1. The molecule has 0 radical (unpaired) electrons. The van der Waals surface area contributed by atoms with Gasteiger partial charge in [-0.1, -0.05) is 0 Å². The topological polar surface area (TPSA) is 34.0 Å². The fourth-order valence-corrected chi connectivity index (χ4v) is 2.66. The number of amides is 1. The fourth-order valence-electron chi connectivity index (χ4n) is 1.53. The summed E-state index contributed by atoms with van der Waals surface area (Å²) in [5.74, 6) is -0.549. The van der Waals surface area contributed by atoms with Crippen molar-refractivity contribution < 1.29 is 9.18 Å². The molecule has 1 aromatic heterocycles. The Kier molecular flexibility index (Phi) is 4.06. The lowest BCUT2D eigenvalue weighted by Crippen LogP contribution is -2.16. The van der Waals surface area contributed by atoms with E-state index < -0.39 is 0 Å². The predicted molar refractivity (Wildman–Crippen MR) is 80.2 cm³/mol. The molecule has 0 spiro atoms. The Labute approximate surface area is 126 Å². The van der Waals surface area contributed by atoms with Crippen molar-refractivity contribution in [1.82, 2.24) is 4.57 Å². The summed E-state index contributed by atoms with van der Waals surface area (Å²) in [4.78, 5) is 12.0. The largest absolute Gasteiger partial charge is 0.345 e. The van der Waals surface area contributed by atoms with E-state index in [4.69, 9.17) is 0 Å². The second kappa shape index (κ2) is 5.40. The van der Waals surface area contributed by atoms with Gasteiger partial charge in [0.1, 0.15) is 11.5 Å². The number of aryl methyl sites for hydroxylation is 1. The molecule has 94 valence electrons. The summed E-state index contributed by atoms with van der Waals surface area (Å²) in [5, 5.41) is 2.75. The monoisotopic (exact) mass is 422 g/mol. The molecule has 1 heterocycles. The third-order valence-electron chi connectivity index (χ3n) is 2.38. The number of nitrogens with one attached hydrogen (secondary N) is 1. The standard InChI is InChI=1S/C12H9BrFIN2O/c1-17-6-7(13)4-11(17)12(18)16-10-3-2-8(14)5-9(10)15/h2-6H,1H3,(H,16,18). The van der Waals surface area contributed by atoms with E-state index in [-0.39, 0.29) is 11.7 Å². The fraction of sp³-hybridized carbons (Fsp3) is 0.0833. The molecule has 0 bridgehead atoms. The van der Waals surface area contributed by atoms with Gasteiger partial charge in [-0.2, -0.15) is 0 Å². The number of halogens is 3. The molecule has 0 aliphatic rings. The van der Waals surface area contributed by atoms with Gasteiger partial charge in [0.15, 0.2) is 0 Å². The Morgan fingerprint density at radius 1 is 1.44 bits per heavy atom. The summed E-state index contributed by atoms with van der Waals surface area (Å²) in [7, 11) is 1.79. The van der Waals surface area contributed by atoms with E-state index in [2.05, 4.69) is 21.2 Å². The second-order valence-corrected chi connectivity index (χ2v) is 5.81. The van der Waals surface area contributed by atoms with Gasteiger partial charge in [0.05, 0.1) is 5.69 Å². The highest BCUT2D eigenvalue weighted by atomic mass is 127. The van der Waals surface area contributed by atoms with Crippen LogP contribution in [0.15, 0.2) is 34.9 Å². The average Bonchev–Trinajstić information content (AvgIpc) is 2.62. The number of hydrogen-bond donors (Lipinski definition) is 1. The van der Waals surface area contributed by atoms with Gasteiger partial charge in [-0.15, -0.1) is 0 Å². The van der Waals surface area contributed by atoms with E-state index in [0.717, 1.165) is 4.47 Å². The minimum absolute atomic E-state index is 0.229. The van der Waals surface area contributed by atoms with Gasteiger partial charge in [0, 0.05) is 21.3 Å². The smallest absolute Gasteiger partial charge is 0.272 e. The number of hydrogen-bond acceptors (Lipinski definition) is 1. The Balaban J connectivity index is 2.24. The molecule has 0 unspecified atom stereocenters.